The molecule has 0 aliphatic heterocycles. The van der Waals surface area contributed by atoms with Crippen LogP contribution in [0.5, 0.6) is 0 Å². The summed E-state index contributed by atoms with van der Waals surface area (Å²) < 4.78 is 5.86. The van der Waals surface area contributed by atoms with Crippen molar-refractivity contribution in [2.75, 3.05) is 18.5 Å². The van der Waals surface area contributed by atoms with Gasteiger partial charge in [0.2, 0.25) is 5.91 Å². The van der Waals surface area contributed by atoms with Crippen molar-refractivity contribution in [2.24, 2.45) is 0 Å². The number of rotatable bonds is 6. The van der Waals surface area contributed by atoms with Gasteiger partial charge in [-0.05, 0) is 47.7 Å². The fourth-order valence-corrected chi connectivity index (χ4v) is 1.82. The zero-order chi connectivity index (χ0) is 13.5. The second-order valence-corrected chi connectivity index (χ2v) is 4.74. The first-order valence-electron chi connectivity index (χ1n) is 5.45. The van der Waals surface area contributed by atoms with Gasteiger partial charge in [-0.15, -0.1) is 0 Å². The van der Waals surface area contributed by atoms with Crippen LogP contribution < -0.4 is 5.32 Å². The van der Waals surface area contributed by atoms with Gasteiger partial charge in [0.1, 0.15) is 0 Å². The summed E-state index contributed by atoms with van der Waals surface area (Å²) in [5, 5.41) is 11.6. The largest absolute Gasteiger partial charge is 0.478 e. The van der Waals surface area contributed by atoms with E-state index in [0.29, 0.717) is 18.9 Å². The molecule has 98 valence electrons. The molecule has 1 aromatic carbocycles. The Bertz CT molecular complexity index is 448. The fraction of sp³-hybridized carbons (Fsp3) is 0.333. The summed E-state index contributed by atoms with van der Waals surface area (Å²) in [6, 6.07) is 4.84. The third kappa shape index (κ3) is 4.61. The van der Waals surface area contributed by atoms with Crippen LogP contribution in [-0.4, -0.2) is 30.2 Å². The van der Waals surface area contributed by atoms with E-state index < -0.39 is 5.97 Å². The Morgan fingerprint density at radius 2 is 2.17 bits per heavy atom. The predicted octanol–water partition coefficient (Wildman–Crippen LogP) is 2.35. The third-order valence-electron chi connectivity index (χ3n) is 2.16. The summed E-state index contributed by atoms with van der Waals surface area (Å²) in [6.45, 7) is 2.73. The number of carboxylic acids is 1. The maximum absolute atomic E-state index is 11.6. The van der Waals surface area contributed by atoms with E-state index in [4.69, 9.17) is 9.84 Å². The Kier molecular flexibility index (Phi) is 6.06. The van der Waals surface area contributed by atoms with Gasteiger partial charge < -0.3 is 15.2 Å². The lowest BCUT2D eigenvalue weighted by molar-refractivity contribution is -0.117. The van der Waals surface area contributed by atoms with E-state index in [1.807, 2.05) is 29.5 Å². The molecule has 1 rings (SSSR count). The van der Waals surface area contributed by atoms with Crippen molar-refractivity contribution in [1.82, 2.24) is 0 Å². The van der Waals surface area contributed by atoms with E-state index in [1.54, 1.807) is 12.1 Å². The second kappa shape index (κ2) is 7.32. The highest BCUT2D eigenvalue weighted by Crippen LogP contribution is 2.19. The molecular formula is C12H14INO4. The maximum atomic E-state index is 11.6. The van der Waals surface area contributed by atoms with E-state index in [-0.39, 0.29) is 17.9 Å². The van der Waals surface area contributed by atoms with Gasteiger partial charge in [-0.25, -0.2) is 4.79 Å². The quantitative estimate of drug-likeness (QED) is 0.601. The lowest BCUT2D eigenvalue weighted by Crippen LogP contribution is -2.16. The highest BCUT2D eigenvalue weighted by Gasteiger charge is 2.12. The molecular weight excluding hydrogens is 349 g/mol. The van der Waals surface area contributed by atoms with Crippen LogP contribution in [0.1, 0.15) is 23.7 Å². The molecule has 0 aromatic heterocycles. The number of amides is 1. The minimum Gasteiger partial charge on any atom is -0.478 e. The Labute approximate surface area is 119 Å². The predicted molar refractivity (Wildman–Crippen MR) is 75.9 cm³/mol. The molecule has 0 radical (unpaired) electrons. The Hall–Kier alpha value is -1.15. The number of aromatic carboxylic acids is 1. The number of benzene rings is 1. The maximum Gasteiger partial charge on any atom is 0.337 e. The average Bonchev–Trinajstić information content (AvgIpc) is 2.31. The van der Waals surface area contributed by atoms with Crippen LogP contribution in [0, 0.1) is 3.57 Å². The first kappa shape index (κ1) is 14.9. The molecule has 0 spiro atoms. The van der Waals surface area contributed by atoms with Gasteiger partial charge in [0, 0.05) is 10.2 Å². The molecule has 6 heteroatoms. The Morgan fingerprint density at radius 1 is 1.44 bits per heavy atom. The number of carbonyl (C=O) groups is 2. The number of hydrogen-bond donors (Lipinski definition) is 2. The zero-order valence-corrected chi connectivity index (χ0v) is 12.1. The number of anilines is 1. The molecule has 0 heterocycles. The number of carboxylic acid groups (broad SMARTS) is 1. The van der Waals surface area contributed by atoms with E-state index in [1.165, 1.54) is 6.07 Å². The summed E-state index contributed by atoms with van der Waals surface area (Å²) in [5.74, 6) is -1.32. The average molecular weight is 363 g/mol. The molecule has 0 aliphatic rings. The molecule has 0 unspecified atom stereocenters. The Balaban J connectivity index is 2.72. The number of carbonyl (C=O) groups excluding carboxylic acids is 1. The summed E-state index contributed by atoms with van der Waals surface area (Å²) in [5.41, 5.74) is 0.399. The molecule has 0 fully saturated rings. The van der Waals surface area contributed by atoms with E-state index in [0.717, 1.165) is 3.57 Å². The van der Waals surface area contributed by atoms with Gasteiger partial charge in [0.05, 0.1) is 24.3 Å². The van der Waals surface area contributed by atoms with Gasteiger partial charge >= 0.3 is 5.97 Å². The van der Waals surface area contributed by atoms with E-state index >= 15 is 0 Å². The number of ether oxygens (including phenoxy) is 1. The van der Waals surface area contributed by atoms with Crippen molar-refractivity contribution in [3.63, 3.8) is 0 Å². The lowest BCUT2D eigenvalue weighted by atomic mass is 10.2. The van der Waals surface area contributed by atoms with Crippen LogP contribution in [-0.2, 0) is 9.53 Å². The van der Waals surface area contributed by atoms with Crippen molar-refractivity contribution in [2.45, 2.75) is 13.3 Å². The van der Waals surface area contributed by atoms with Crippen LogP contribution >= 0.6 is 22.6 Å². The molecule has 0 bridgehead atoms. The van der Waals surface area contributed by atoms with Crippen molar-refractivity contribution in [3.8, 4) is 0 Å². The first-order valence-corrected chi connectivity index (χ1v) is 6.53. The van der Waals surface area contributed by atoms with Gasteiger partial charge in [-0.3, -0.25) is 4.79 Å². The number of nitrogens with one attached hydrogen (secondary N) is 1. The topological polar surface area (TPSA) is 75.6 Å². The monoisotopic (exact) mass is 363 g/mol. The molecule has 5 nitrogen and oxygen atoms in total. The SMILES string of the molecule is CCOCCC(=O)Nc1ccc(I)cc1C(=O)O. The minimum absolute atomic E-state index is 0.0895. The normalized spacial score (nSPS) is 10.1. The first-order chi connectivity index (χ1) is 8.54. The highest BCUT2D eigenvalue weighted by atomic mass is 127. The summed E-state index contributed by atoms with van der Waals surface area (Å²) >= 11 is 2.02. The van der Waals surface area contributed by atoms with Crippen molar-refractivity contribution < 1.29 is 19.4 Å². The minimum atomic E-state index is -1.06. The summed E-state index contributed by atoms with van der Waals surface area (Å²) in [6.07, 6.45) is 0.207. The number of halogens is 1. The highest BCUT2D eigenvalue weighted by molar-refractivity contribution is 14.1. The Morgan fingerprint density at radius 3 is 2.78 bits per heavy atom. The molecule has 0 saturated heterocycles. The molecule has 1 amide bonds. The smallest absolute Gasteiger partial charge is 0.337 e. The van der Waals surface area contributed by atoms with Crippen molar-refractivity contribution in [1.29, 1.82) is 0 Å². The molecule has 1 aromatic rings. The third-order valence-corrected chi connectivity index (χ3v) is 2.83. The van der Waals surface area contributed by atoms with Crippen LogP contribution in [0.15, 0.2) is 18.2 Å². The molecule has 18 heavy (non-hydrogen) atoms. The fourth-order valence-electron chi connectivity index (χ4n) is 1.32. The van der Waals surface area contributed by atoms with Crippen LogP contribution in [0.3, 0.4) is 0 Å². The summed E-state index contributed by atoms with van der Waals surface area (Å²) in [4.78, 5) is 22.6. The van der Waals surface area contributed by atoms with Gasteiger partial charge in [0.15, 0.2) is 0 Å². The second-order valence-electron chi connectivity index (χ2n) is 3.49. The zero-order valence-electron chi connectivity index (χ0n) is 9.90. The lowest BCUT2D eigenvalue weighted by Gasteiger charge is -2.09. The molecule has 2 N–H and O–H groups in total. The number of hydrogen-bond acceptors (Lipinski definition) is 3. The summed E-state index contributed by atoms with van der Waals surface area (Å²) in [7, 11) is 0. The standard InChI is InChI=1S/C12H14INO4/c1-2-18-6-5-11(15)14-10-4-3-8(13)7-9(10)12(16)17/h3-4,7H,2,5-6H2,1H3,(H,14,15)(H,16,17). The van der Waals surface area contributed by atoms with Crippen LogP contribution in [0.2, 0.25) is 0 Å². The van der Waals surface area contributed by atoms with Gasteiger partial charge in [-0.1, -0.05) is 0 Å². The molecule has 0 saturated carbocycles. The van der Waals surface area contributed by atoms with Gasteiger partial charge in [-0.2, -0.15) is 0 Å². The van der Waals surface area contributed by atoms with E-state index in [9.17, 15) is 9.59 Å². The molecule has 0 atom stereocenters. The van der Waals surface area contributed by atoms with E-state index in [2.05, 4.69) is 5.32 Å². The van der Waals surface area contributed by atoms with Crippen molar-refractivity contribution in [3.05, 3.63) is 27.3 Å². The van der Waals surface area contributed by atoms with Crippen LogP contribution in [0.4, 0.5) is 5.69 Å². The molecule has 0 aliphatic carbocycles. The van der Waals surface area contributed by atoms with Crippen molar-refractivity contribution >= 4 is 40.2 Å². The van der Waals surface area contributed by atoms with Gasteiger partial charge in [0.25, 0.3) is 0 Å². The van der Waals surface area contributed by atoms with Crippen LogP contribution in [0.25, 0.3) is 0 Å².